The predicted octanol–water partition coefficient (Wildman–Crippen LogP) is 3.74. The van der Waals surface area contributed by atoms with E-state index in [1.807, 2.05) is 6.07 Å². The highest BCUT2D eigenvalue weighted by Gasteiger charge is 2.14. The van der Waals surface area contributed by atoms with E-state index in [-0.39, 0.29) is 0 Å². The van der Waals surface area contributed by atoms with Crippen LogP contribution in [0, 0.1) is 0 Å². The number of benzene rings is 1. The van der Waals surface area contributed by atoms with Crippen molar-refractivity contribution in [1.82, 2.24) is 0 Å². The number of rotatable bonds is 5. The molecule has 0 radical (unpaired) electrons. The summed E-state index contributed by atoms with van der Waals surface area (Å²) < 4.78 is 11.3. The van der Waals surface area contributed by atoms with Gasteiger partial charge in [0.1, 0.15) is 17.9 Å². The van der Waals surface area contributed by atoms with Crippen LogP contribution in [-0.2, 0) is 11.3 Å². The summed E-state index contributed by atoms with van der Waals surface area (Å²) in [6.45, 7) is 2.39. The summed E-state index contributed by atoms with van der Waals surface area (Å²) in [6, 6.07) is 8.53. The number of nitrogen functional groups attached to an aromatic ring is 1. The number of anilines is 1. The van der Waals surface area contributed by atoms with Crippen LogP contribution in [0.1, 0.15) is 22.2 Å². The van der Waals surface area contributed by atoms with Crippen molar-refractivity contribution in [2.45, 2.75) is 13.5 Å². The first-order chi connectivity index (χ1) is 9.60. The van der Waals surface area contributed by atoms with Crippen LogP contribution >= 0.6 is 22.9 Å². The van der Waals surface area contributed by atoms with Crippen LogP contribution in [0.4, 0.5) is 5.69 Å². The number of carbonyl (C=O) groups is 1. The van der Waals surface area contributed by atoms with Gasteiger partial charge in [0.05, 0.1) is 10.9 Å². The summed E-state index contributed by atoms with van der Waals surface area (Å²) in [4.78, 5) is 12.8. The Morgan fingerprint density at radius 2 is 2.15 bits per heavy atom. The lowest BCUT2D eigenvalue weighted by atomic mass is 10.2. The smallest absolute Gasteiger partial charge is 0.341 e. The second-order valence-electron chi connectivity index (χ2n) is 3.97. The Labute approximate surface area is 126 Å². The first-order valence-corrected chi connectivity index (χ1v) is 7.23. The number of carbonyl (C=O) groups excluding carboxylic acids is 1. The molecule has 2 N–H and O–H groups in total. The van der Waals surface area contributed by atoms with Crippen molar-refractivity contribution in [3.8, 4) is 5.75 Å². The van der Waals surface area contributed by atoms with Crippen molar-refractivity contribution in [3.05, 3.63) is 45.1 Å². The summed E-state index contributed by atoms with van der Waals surface area (Å²) in [5.74, 6) is -0.0142. The van der Waals surface area contributed by atoms with Gasteiger partial charge in [-0.1, -0.05) is 11.6 Å². The van der Waals surface area contributed by atoms with Gasteiger partial charge in [-0.15, -0.1) is 11.3 Å². The molecule has 0 aliphatic heterocycles. The van der Waals surface area contributed by atoms with Crippen LogP contribution in [0.5, 0.6) is 5.75 Å². The van der Waals surface area contributed by atoms with Crippen LogP contribution in [0.3, 0.4) is 0 Å². The highest BCUT2D eigenvalue weighted by molar-refractivity contribution is 7.16. The molecule has 4 nitrogen and oxygen atoms in total. The number of hydrogen-bond acceptors (Lipinski definition) is 5. The fourth-order valence-electron chi connectivity index (χ4n) is 1.61. The topological polar surface area (TPSA) is 61.5 Å². The molecule has 0 aliphatic rings. The zero-order valence-corrected chi connectivity index (χ0v) is 12.5. The third-order valence-corrected chi connectivity index (χ3v) is 3.70. The number of thiophene rings is 1. The van der Waals surface area contributed by atoms with E-state index in [9.17, 15) is 4.79 Å². The molecular formula is C14H14ClNO3S. The van der Waals surface area contributed by atoms with Crippen molar-refractivity contribution >= 4 is 34.6 Å². The maximum Gasteiger partial charge on any atom is 0.341 e. The van der Waals surface area contributed by atoms with Gasteiger partial charge in [0.15, 0.2) is 0 Å². The van der Waals surface area contributed by atoms with Gasteiger partial charge in [0.2, 0.25) is 0 Å². The molecule has 0 unspecified atom stereocenters. The highest BCUT2D eigenvalue weighted by Crippen LogP contribution is 2.26. The molecule has 0 fully saturated rings. The molecule has 6 heteroatoms. The zero-order valence-electron chi connectivity index (χ0n) is 10.9. The van der Waals surface area contributed by atoms with Gasteiger partial charge in [0, 0.05) is 16.6 Å². The molecule has 1 aromatic carbocycles. The Bertz CT molecular complexity index is 612. The zero-order chi connectivity index (χ0) is 14.5. The second kappa shape index (κ2) is 6.63. The first-order valence-electron chi connectivity index (χ1n) is 6.04. The van der Waals surface area contributed by atoms with E-state index in [1.165, 1.54) is 11.3 Å². The summed E-state index contributed by atoms with van der Waals surface area (Å²) in [6.07, 6.45) is 0. The summed E-state index contributed by atoms with van der Waals surface area (Å²) in [7, 11) is 0. The molecule has 0 atom stereocenters. The molecule has 1 aromatic heterocycles. The van der Waals surface area contributed by atoms with Crippen molar-refractivity contribution in [1.29, 1.82) is 0 Å². The number of nitrogens with two attached hydrogens (primary N) is 1. The SMILES string of the molecule is CCOC(=O)c1ccc(N)cc1OCc1ccc(Cl)s1. The molecule has 2 rings (SSSR count). The van der Waals surface area contributed by atoms with Gasteiger partial charge < -0.3 is 15.2 Å². The van der Waals surface area contributed by atoms with Gasteiger partial charge in [-0.05, 0) is 31.2 Å². The predicted molar refractivity (Wildman–Crippen MR) is 80.5 cm³/mol. The van der Waals surface area contributed by atoms with E-state index in [4.69, 9.17) is 26.8 Å². The lowest BCUT2D eigenvalue weighted by Crippen LogP contribution is -2.08. The fourth-order valence-corrected chi connectivity index (χ4v) is 2.61. The fraction of sp³-hybridized carbons (Fsp3) is 0.214. The van der Waals surface area contributed by atoms with E-state index >= 15 is 0 Å². The van der Waals surface area contributed by atoms with E-state index < -0.39 is 5.97 Å². The third kappa shape index (κ3) is 3.65. The molecule has 1 heterocycles. The van der Waals surface area contributed by atoms with E-state index in [1.54, 1.807) is 31.2 Å². The maximum absolute atomic E-state index is 11.8. The van der Waals surface area contributed by atoms with E-state index in [0.29, 0.717) is 34.6 Å². The third-order valence-electron chi connectivity index (χ3n) is 2.50. The average molecular weight is 312 g/mol. The first kappa shape index (κ1) is 14.7. The molecular weight excluding hydrogens is 298 g/mol. The van der Waals surface area contributed by atoms with Crippen LogP contribution in [0.2, 0.25) is 4.34 Å². The Kier molecular flexibility index (Phi) is 4.87. The lowest BCUT2D eigenvalue weighted by molar-refractivity contribution is 0.0521. The van der Waals surface area contributed by atoms with Crippen molar-refractivity contribution in [2.75, 3.05) is 12.3 Å². The van der Waals surface area contributed by atoms with Gasteiger partial charge >= 0.3 is 5.97 Å². The monoisotopic (exact) mass is 311 g/mol. The number of hydrogen-bond donors (Lipinski definition) is 1. The summed E-state index contributed by atoms with van der Waals surface area (Å²) >= 11 is 7.29. The second-order valence-corrected chi connectivity index (χ2v) is 5.77. The lowest BCUT2D eigenvalue weighted by Gasteiger charge is -2.11. The van der Waals surface area contributed by atoms with E-state index in [2.05, 4.69) is 0 Å². The molecule has 0 saturated carbocycles. The quantitative estimate of drug-likeness (QED) is 0.675. The van der Waals surface area contributed by atoms with Crippen LogP contribution in [0.15, 0.2) is 30.3 Å². The molecule has 0 aliphatic carbocycles. The molecule has 0 bridgehead atoms. The van der Waals surface area contributed by atoms with Gasteiger partial charge in [0.25, 0.3) is 0 Å². The summed E-state index contributed by atoms with van der Waals surface area (Å²) in [5, 5.41) is 0. The van der Waals surface area contributed by atoms with Crippen molar-refractivity contribution < 1.29 is 14.3 Å². The van der Waals surface area contributed by atoms with Crippen molar-refractivity contribution in [2.24, 2.45) is 0 Å². The highest BCUT2D eigenvalue weighted by atomic mass is 35.5. The summed E-state index contributed by atoms with van der Waals surface area (Å²) in [5.41, 5.74) is 6.61. The Morgan fingerprint density at radius 3 is 2.80 bits per heavy atom. The normalized spacial score (nSPS) is 10.3. The minimum atomic E-state index is -0.424. The Balaban J connectivity index is 2.16. The minimum Gasteiger partial charge on any atom is -0.487 e. The van der Waals surface area contributed by atoms with E-state index in [0.717, 1.165) is 4.88 Å². The standard InChI is InChI=1S/C14H14ClNO3S/c1-2-18-14(17)11-5-3-9(16)7-12(11)19-8-10-4-6-13(15)20-10/h3-7H,2,8,16H2,1H3. The molecule has 2 aromatic rings. The minimum absolute atomic E-state index is 0.309. The average Bonchev–Trinajstić information content (AvgIpc) is 2.82. The number of halogens is 1. The molecule has 0 spiro atoms. The van der Waals surface area contributed by atoms with Crippen LogP contribution in [0.25, 0.3) is 0 Å². The Hall–Kier alpha value is -1.72. The van der Waals surface area contributed by atoms with Crippen LogP contribution < -0.4 is 10.5 Å². The molecule has 0 saturated heterocycles. The Morgan fingerprint density at radius 1 is 1.35 bits per heavy atom. The molecule has 20 heavy (non-hydrogen) atoms. The largest absolute Gasteiger partial charge is 0.487 e. The van der Waals surface area contributed by atoms with Gasteiger partial charge in [-0.3, -0.25) is 0 Å². The van der Waals surface area contributed by atoms with Gasteiger partial charge in [-0.25, -0.2) is 4.79 Å². The van der Waals surface area contributed by atoms with Crippen LogP contribution in [-0.4, -0.2) is 12.6 Å². The number of esters is 1. The van der Waals surface area contributed by atoms with Crippen molar-refractivity contribution in [3.63, 3.8) is 0 Å². The molecule has 106 valence electrons. The van der Waals surface area contributed by atoms with Gasteiger partial charge in [-0.2, -0.15) is 0 Å². The number of ether oxygens (including phenoxy) is 2. The molecule has 0 amide bonds. The maximum atomic E-state index is 11.8.